The minimum atomic E-state index is -0.709. The molecule has 15 heavy (non-hydrogen) atoms. The van der Waals surface area contributed by atoms with Crippen molar-refractivity contribution in [3.05, 3.63) is 0 Å². The lowest BCUT2D eigenvalue weighted by Gasteiger charge is -2.23. The Balaban J connectivity index is 3.69. The summed E-state index contributed by atoms with van der Waals surface area (Å²) in [4.78, 5) is 10.4. The van der Waals surface area contributed by atoms with Crippen molar-refractivity contribution in [3.63, 3.8) is 0 Å². The molecule has 0 heterocycles. The van der Waals surface area contributed by atoms with Gasteiger partial charge in [-0.2, -0.15) is 0 Å². The van der Waals surface area contributed by atoms with Crippen LogP contribution in [0.25, 0.3) is 0 Å². The highest BCUT2D eigenvalue weighted by molar-refractivity contribution is 8.76. The maximum atomic E-state index is 10.4. The van der Waals surface area contributed by atoms with Crippen LogP contribution in [0.1, 0.15) is 40.5 Å². The average Bonchev–Trinajstić information content (AvgIpc) is 2.08. The molecule has 0 aromatic rings. The van der Waals surface area contributed by atoms with E-state index in [1.165, 1.54) is 0 Å². The summed E-state index contributed by atoms with van der Waals surface area (Å²) in [5.74, 6) is -0.709. The van der Waals surface area contributed by atoms with Crippen LogP contribution in [-0.4, -0.2) is 33.2 Å². The van der Waals surface area contributed by atoms with Crippen LogP contribution in [0.15, 0.2) is 0 Å². The molecule has 0 aliphatic heterocycles. The largest absolute Gasteiger partial charge is 0.481 e. The number of hydrogen-bond acceptors (Lipinski definition) is 4. The summed E-state index contributed by atoms with van der Waals surface area (Å²) in [7, 11) is 3.56. The van der Waals surface area contributed by atoms with E-state index in [9.17, 15) is 4.79 Å². The smallest absolute Gasteiger partial charge is 0.303 e. The van der Waals surface area contributed by atoms with E-state index in [4.69, 9.17) is 5.11 Å². The Morgan fingerprint density at radius 2 is 2.00 bits per heavy atom. The molecule has 0 amide bonds. The summed E-state index contributed by atoms with van der Waals surface area (Å²) in [6.07, 6.45) is 0.984. The fraction of sp³-hybridized carbons (Fsp3) is 0.900. The van der Waals surface area contributed by atoms with Gasteiger partial charge < -0.3 is 5.11 Å². The number of aliphatic carboxylic acids is 1. The van der Waals surface area contributed by atoms with Crippen molar-refractivity contribution < 1.29 is 9.90 Å². The molecule has 0 saturated carbocycles. The van der Waals surface area contributed by atoms with Gasteiger partial charge in [0.05, 0.1) is 0 Å². The monoisotopic (exact) mass is 251 g/mol. The normalized spacial score (nSPS) is 12.1. The number of carbonyl (C=O) groups is 1. The quantitative estimate of drug-likeness (QED) is 0.555. The predicted octanol–water partition coefficient (Wildman–Crippen LogP) is 3.27. The summed E-state index contributed by atoms with van der Waals surface area (Å²) >= 11 is 0. The number of hydrogen-bond donors (Lipinski definition) is 1. The maximum Gasteiger partial charge on any atom is 0.303 e. The van der Waals surface area contributed by atoms with Gasteiger partial charge in [-0.25, -0.2) is 4.31 Å². The number of carboxylic acids is 1. The first-order valence-corrected chi connectivity index (χ1v) is 7.28. The van der Waals surface area contributed by atoms with Crippen molar-refractivity contribution in [3.8, 4) is 0 Å². The molecular formula is C10H21NO2S2. The lowest BCUT2D eigenvalue weighted by Crippen LogP contribution is -2.18. The third-order valence-corrected chi connectivity index (χ3v) is 5.13. The van der Waals surface area contributed by atoms with Gasteiger partial charge in [0.1, 0.15) is 0 Å². The molecule has 0 aliphatic rings. The first-order valence-electron chi connectivity index (χ1n) is 5.17. The standard InChI is InChI=1S/C10H21NO2S2/c1-5-11(8-6-7-9(12)13)15-14-10(2,3)4/h5-8H2,1-4H3,(H,12,13). The fourth-order valence-electron chi connectivity index (χ4n) is 0.819. The Morgan fingerprint density at radius 3 is 2.40 bits per heavy atom. The third kappa shape index (κ3) is 10.4. The predicted molar refractivity (Wildman–Crippen MR) is 69.1 cm³/mol. The van der Waals surface area contributed by atoms with Crippen molar-refractivity contribution >= 4 is 27.7 Å². The molecule has 0 atom stereocenters. The zero-order valence-corrected chi connectivity index (χ0v) is 11.6. The molecule has 0 aromatic carbocycles. The highest BCUT2D eigenvalue weighted by Crippen LogP contribution is 2.37. The molecule has 1 N–H and O–H groups in total. The van der Waals surface area contributed by atoms with Crippen molar-refractivity contribution in [2.45, 2.75) is 45.3 Å². The minimum Gasteiger partial charge on any atom is -0.481 e. The lowest BCUT2D eigenvalue weighted by molar-refractivity contribution is -0.137. The van der Waals surface area contributed by atoms with Gasteiger partial charge in [0.15, 0.2) is 0 Å². The van der Waals surface area contributed by atoms with Crippen LogP contribution >= 0.6 is 21.8 Å². The summed E-state index contributed by atoms with van der Waals surface area (Å²) < 4.78 is 2.45. The molecule has 0 fully saturated rings. The highest BCUT2D eigenvalue weighted by Gasteiger charge is 2.14. The highest BCUT2D eigenvalue weighted by atomic mass is 33.1. The number of carboxylic acid groups (broad SMARTS) is 1. The van der Waals surface area contributed by atoms with Crippen LogP contribution in [-0.2, 0) is 4.79 Å². The Kier molecular flexibility index (Phi) is 7.48. The van der Waals surface area contributed by atoms with Crippen molar-refractivity contribution in [1.29, 1.82) is 0 Å². The summed E-state index contributed by atoms with van der Waals surface area (Å²) in [5, 5.41) is 8.53. The molecule has 0 aliphatic carbocycles. The summed E-state index contributed by atoms with van der Waals surface area (Å²) in [5.41, 5.74) is 0. The maximum absolute atomic E-state index is 10.4. The van der Waals surface area contributed by atoms with Gasteiger partial charge in [-0.1, -0.05) is 38.5 Å². The Bertz CT molecular complexity index is 192. The second kappa shape index (κ2) is 7.41. The van der Waals surface area contributed by atoms with Crippen LogP contribution < -0.4 is 0 Å². The van der Waals surface area contributed by atoms with E-state index in [0.717, 1.165) is 19.5 Å². The van der Waals surface area contributed by atoms with E-state index in [1.54, 1.807) is 11.0 Å². The molecule has 0 unspecified atom stereocenters. The van der Waals surface area contributed by atoms with Crippen molar-refractivity contribution in [2.24, 2.45) is 0 Å². The van der Waals surface area contributed by atoms with Crippen LogP contribution in [0.5, 0.6) is 0 Å². The van der Waals surface area contributed by atoms with Crippen molar-refractivity contribution in [2.75, 3.05) is 13.1 Å². The van der Waals surface area contributed by atoms with Gasteiger partial charge in [0.25, 0.3) is 0 Å². The van der Waals surface area contributed by atoms with E-state index >= 15 is 0 Å². The fourth-order valence-corrected chi connectivity index (χ4v) is 2.98. The van der Waals surface area contributed by atoms with Gasteiger partial charge >= 0.3 is 5.97 Å². The Morgan fingerprint density at radius 1 is 1.40 bits per heavy atom. The number of rotatable bonds is 7. The SMILES string of the molecule is CCN(CCCC(=O)O)SSC(C)(C)C. The average molecular weight is 251 g/mol. The van der Waals surface area contributed by atoms with Gasteiger partial charge in [-0.05, 0) is 17.4 Å². The van der Waals surface area contributed by atoms with E-state index in [1.807, 2.05) is 10.8 Å². The van der Waals surface area contributed by atoms with E-state index in [0.29, 0.717) is 0 Å². The molecule has 5 heteroatoms. The molecule has 90 valence electrons. The van der Waals surface area contributed by atoms with Gasteiger partial charge in [0.2, 0.25) is 0 Å². The molecular weight excluding hydrogens is 230 g/mol. The topological polar surface area (TPSA) is 40.5 Å². The first kappa shape index (κ1) is 15.1. The van der Waals surface area contributed by atoms with Gasteiger partial charge in [-0.3, -0.25) is 4.79 Å². The van der Waals surface area contributed by atoms with E-state index in [2.05, 4.69) is 32.0 Å². The van der Waals surface area contributed by atoms with Crippen LogP contribution in [0.3, 0.4) is 0 Å². The first-order chi connectivity index (χ1) is 6.85. The second-order valence-corrected chi connectivity index (χ2v) is 7.29. The Labute approximate surface area is 101 Å². The van der Waals surface area contributed by atoms with Gasteiger partial charge in [0, 0.05) is 24.3 Å². The molecule has 3 nitrogen and oxygen atoms in total. The summed E-state index contributed by atoms with van der Waals surface area (Å²) in [6, 6.07) is 0. The number of nitrogens with zero attached hydrogens (tertiary/aromatic N) is 1. The zero-order chi connectivity index (χ0) is 11.9. The lowest BCUT2D eigenvalue weighted by atomic mass is 10.3. The van der Waals surface area contributed by atoms with Crippen LogP contribution in [0.4, 0.5) is 0 Å². The molecule has 0 aromatic heterocycles. The second-order valence-electron chi connectivity index (χ2n) is 4.29. The minimum absolute atomic E-state index is 0.241. The molecule has 0 saturated heterocycles. The van der Waals surface area contributed by atoms with E-state index in [-0.39, 0.29) is 11.2 Å². The molecule has 0 radical (unpaired) electrons. The van der Waals surface area contributed by atoms with Crippen LogP contribution in [0.2, 0.25) is 0 Å². The molecule has 0 bridgehead atoms. The Hall–Kier alpha value is 0.130. The van der Waals surface area contributed by atoms with Crippen LogP contribution in [0, 0.1) is 0 Å². The molecule has 0 spiro atoms. The van der Waals surface area contributed by atoms with Gasteiger partial charge in [-0.15, -0.1) is 0 Å². The molecule has 0 rings (SSSR count). The summed E-state index contributed by atoms with van der Waals surface area (Å²) in [6.45, 7) is 10.4. The third-order valence-electron chi connectivity index (χ3n) is 1.54. The van der Waals surface area contributed by atoms with Crippen molar-refractivity contribution in [1.82, 2.24) is 4.31 Å². The van der Waals surface area contributed by atoms with E-state index < -0.39 is 5.97 Å². The zero-order valence-electron chi connectivity index (χ0n) is 9.95.